The Labute approximate surface area is 304 Å². The van der Waals surface area contributed by atoms with Gasteiger partial charge in [0, 0.05) is 21.6 Å². The summed E-state index contributed by atoms with van der Waals surface area (Å²) in [5.74, 6) is 1.52. The molecule has 50 heavy (non-hydrogen) atoms. The molecule has 0 radical (unpaired) electrons. The molecule has 0 aliphatic heterocycles. The van der Waals surface area contributed by atoms with E-state index in [1.807, 2.05) is 55.5 Å². The van der Waals surface area contributed by atoms with Crippen LogP contribution in [0.1, 0.15) is 106 Å². The lowest BCUT2D eigenvalue weighted by molar-refractivity contribution is 0.103. The van der Waals surface area contributed by atoms with Crippen LogP contribution in [0, 0.1) is 17.8 Å². The minimum absolute atomic E-state index is 0.0296. The standard InChI is InChI=1S/C43H52O5S2/c1-6-8-9-10-11-12-29-48-39-23-17-35(18-24-39)34-13-15-38(16-14-34)43(45)49-40-25-19-36(20-26-40)42(44)37-21-27-41(28-22-37)50(46,47)30-32(4)33(5)31(3)7-2/h13-28,31-33H,6-12,29-30H2,1-5H3. The van der Waals surface area contributed by atoms with Crippen molar-refractivity contribution in [3.05, 3.63) is 114 Å². The van der Waals surface area contributed by atoms with E-state index in [2.05, 4.69) is 27.7 Å². The minimum atomic E-state index is -3.47. The Morgan fingerprint density at radius 3 is 1.74 bits per heavy atom. The molecule has 266 valence electrons. The molecule has 4 aromatic carbocycles. The molecule has 0 N–H and O–H groups in total. The molecule has 0 aliphatic rings. The Hall–Kier alpha value is -3.68. The van der Waals surface area contributed by atoms with E-state index in [-0.39, 0.29) is 27.5 Å². The summed E-state index contributed by atoms with van der Waals surface area (Å²) in [6.07, 6.45) is 8.43. The molecule has 4 rings (SSSR count). The monoisotopic (exact) mass is 712 g/mol. The Kier molecular flexibility index (Phi) is 14.9. The first-order valence-electron chi connectivity index (χ1n) is 18.1. The van der Waals surface area contributed by atoms with E-state index in [4.69, 9.17) is 4.74 Å². The zero-order chi connectivity index (χ0) is 36.1. The number of sulfone groups is 1. The third-order valence-corrected chi connectivity index (χ3v) is 12.7. The summed E-state index contributed by atoms with van der Waals surface area (Å²) < 4.78 is 32.1. The lowest BCUT2D eigenvalue weighted by Crippen LogP contribution is -2.24. The second-order valence-electron chi connectivity index (χ2n) is 13.5. The average Bonchev–Trinajstić information content (AvgIpc) is 3.14. The number of rotatable bonds is 19. The van der Waals surface area contributed by atoms with Crippen LogP contribution < -0.4 is 4.74 Å². The molecule has 0 amide bonds. The topological polar surface area (TPSA) is 77.5 Å². The first-order valence-corrected chi connectivity index (χ1v) is 20.5. The Morgan fingerprint density at radius 1 is 0.640 bits per heavy atom. The van der Waals surface area contributed by atoms with Gasteiger partial charge in [-0.2, -0.15) is 0 Å². The van der Waals surface area contributed by atoms with Crippen LogP contribution in [0.15, 0.2) is 107 Å². The predicted molar refractivity (Wildman–Crippen MR) is 207 cm³/mol. The van der Waals surface area contributed by atoms with Gasteiger partial charge in [0.1, 0.15) is 5.75 Å². The summed E-state index contributed by atoms with van der Waals surface area (Å²) in [6, 6.07) is 28.8. The number of carbonyl (C=O) groups excluding carboxylic acids is 2. The molecule has 0 bridgehead atoms. The Balaban J connectivity index is 1.28. The van der Waals surface area contributed by atoms with E-state index in [9.17, 15) is 18.0 Å². The summed E-state index contributed by atoms with van der Waals surface area (Å²) in [5.41, 5.74) is 3.56. The van der Waals surface area contributed by atoms with E-state index in [0.29, 0.717) is 28.5 Å². The fraction of sp³-hybridized carbons (Fsp3) is 0.395. The van der Waals surface area contributed by atoms with E-state index < -0.39 is 9.84 Å². The van der Waals surface area contributed by atoms with E-state index in [1.54, 1.807) is 36.4 Å². The number of ketones is 1. The van der Waals surface area contributed by atoms with Crippen LogP contribution >= 0.6 is 11.8 Å². The molecule has 0 saturated carbocycles. The van der Waals surface area contributed by atoms with Crippen LogP contribution in [-0.2, 0) is 9.84 Å². The number of hydrogen-bond donors (Lipinski definition) is 0. The van der Waals surface area contributed by atoms with Crippen molar-refractivity contribution in [2.75, 3.05) is 12.4 Å². The van der Waals surface area contributed by atoms with Crippen molar-refractivity contribution in [3.8, 4) is 16.9 Å². The smallest absolute Gasteiger partial charge is 0.224 e. The van der Waals surface area contributed by atoms with E-state index >= 15 is 0 Å². The number of ether oxygens (including phenoxy) is 1. The van der Waals surface area contributed by atoms with Crippen molar-refractivity contribution in [2.24, 2.45) is 17.8 Å². The van der Waals surface area contributed by atoms with Gasteiger partial charge in [-0.3, -0.25) is 9.59 Å². The second-order valence-corrected chi connectivity index (χ2v) is 16.6. The van der Waals surface area contributed by atoms with Gasteiger partial charge in [0.25, 0.3) is 0 Å². The van der Waals surface area contributed by atoms with Crippen molar-refractivity contribution in [1.82, 2.24) is 0 Å². The fourth-order valence-corrected chi connectivity index (χ4v) is 8.44. The van der Waals surface area contributed by atoms with Crippen LogP contribution in [0.3, 0.4) is 0 Å². The van der Waals surface area contributed by atoms with Crippen molar-refractivity contribution in [1.29, 1.82) is 0 Å². The minimum Gasteiger partial charge on any atom is -0.494 e. The fourth-order valence-electron chi connectivity index (χ4n) is 5.96. The number of thioether (sulfide) groups is 1. The highest BCUT2D eigenvalue weighted by Gasteiger charge is 2.25. The van der Waals surface area contributed by atoms with Gasteiger partial charge < -0.3 is 4.74 Å². The van der Waals surface area contributed by atoms with Gasteiger partial charge in [0.2, 0.25) is 5.12 Å². The first kappa shape index (κ1) is 39.1. The highest BCUT2D eigenvalue weighted by Crippen LogP contribution is 2.29. The Morgan fingerprint density at radius 2 is 1.16 bits per heavy atom. The van der Waals surface area contributed by atoms with Crippen molar-refractivity contribution in [3.63, 3.8) is 0 Å². The maximum atomic E-state index is 13.2. The molecule has 3 atom stereocenters. The summed E-state index contributed by atoms with van der Waals surface area (Å²) in [5, 5.41) is -0.0845. The quantitative estimate of drug-likeness (QED) is 0.0547. The molecule has 3 unspecified atom stereocenters. The van der Waals surface area contributed by atoms with Crippen LogP contribution in [0.25, 0.3) is 11.1 Å². The molecule has 0 aromatic heterocycles. The molecular formula is C43H52O5S2. The zero-order valence-corrected chi connectivity index (χ0v) is 31.8. The van der Waals surface area contributed by atoms with Gasteiger partial charge in [-0.1, -0.05) is 97.4 Å². The SMILES string of the molecule is CCCCCCCCOc1ccc(-c2ccc(C(=O)Sc3ccc(C(=O)c4ccc(S(=O)(=O)CC(C)C(C)C(C)CC)cc4)cc3)cc2)cc1. The van der Waals surface area contributed by atoms with Crippen molar-refractivity contribution >= 4 is 32.5 Å². The van der Waals surface area contributed by atoms with Crippen molar-refractivity contribution < 1.29 is 22.7 Å². The van der Waals surface area contributed by atoms with Gasteiger partial charge in [0.05, 0.1) is 17.3 Å². The highest BCUT2D eigenvalue weighted by molar-refractivity contribution is 8.14. The summed E-state index contributed by atoms with van der Waals surface area (Å²) in [4.78, 5) is 27.2. The lowest BCUT2D eigenvalue weighted by Gasteiger charge is -2.25. The van der Waals surface area contributed by atoms with Gasteiger partial charge in [0.15, 0.2) is 15.6 Å². The summed E-state index contributed by atoms with van der Waals surface area (Å²) in [6.45, 7) is 11.3. The van der Waals surface area contributed by atoms with Gasteiger partial charge in [-0.05, 0) is 120 Å². The van der Waals surface area contributed by atoms with Gasteiger partial charge in [-0.25, -0.2) is 8.42 Å². The lowest BCUT2D eigenvalue weighted by atomic mass is 9.85. The second kappa shape index (κ2) is 19.1. The molecule has 0 saturated heterocycles. The highest BCUT2D eigenvalue weighted by atomic mass is 32.2. The molecule has 0 spiro atoms. The van der Waals surface area contributed by atoms with Crippen LogP contribution in [0.5, 0.6) is 5.75 Å². The first-order chi connectivity index (χ1) is 24.0. The van der Waals surface area contributed by atoms with Gasteiger partial charge >= 0.3 is 0 Å². The molecule has 5 nitrogen and oxygen atoms in total. The number of carbonyl (C=O) groups is 2. The number of hydrogen-bond acceptors (Lipinski definition) is 6. The van der Waals surface area contributed by atoms with Crippen LogP contribution in [0.2, 0.25) is 0 Å². The predicted octanol–water partition coefficient (Wildman–Crippen LogP) is 11.3. The Bertz CT molecular complexity index is 1760. The largest absolute Gasteiger partial charge is 0.494 e. The van der Waals surface area contributed by atoms with Crippen LogP contribution in [0.4, 0.5) is 0 Å². The summed E-state index contributed by atoms with van der Waals surface area (Å²) in [7, 11) is -3.47. The molecule has 0 heterocycles. The zero-order valence-electron chi connectivity index (χ0n) is 30.2. The normalized spacial score (nSPS) is 13.4. The average molecular weight is 713 g/mol. The molecule has 4 aromatic rings. The number of unbranched alkanes of at least 4 members (excludes halogenated alkanes) is 5. The summed E-state index contributed by atoms with van der Waals surface area (Å²) >= 11 is 1.11. The molecular weight excluding hydrogens is 661 g/mol. The van der Waals surface area contributed by atoms with Gasteiger partial charge in [-0.15, -0.1) is 0 Å². The molecule has 0 fully saturated rings. The molecule has 7 heteroatoms. The van der Waals surface area contributed by atoms with Crippen molar-refractivity contribution in [2.45, 2.75) is 89.4 Å². The molecule has 0 aliphatic carbocycles. The van der Waals surface area contributed by atoms with Crippen LogP contribution in [-0.4, -0.2) is 31.7 Å². The maximum absolute atomic E-state index is 13.2. The number of benzene rings is 4. The van der Waals surface area contributed by atoms with E-state index in [1.165, 1.54) is 44.2 Å². The maximum Gasteiger partial charge on any atom is 0.224 e. The third-order valence-electron chi connectivity index (χ3n) is 9.80. The third kappa shape index (κ3) is 11.2. The van der Waals surface area contributed by atoms with E-state index in [0.717, 1.165) is 53.0 Å².